The van der Waals surface area contributed by atoms with Gasteiger partial charge in [0.15, 0.2) is 12.2 Å². The largest absolute Gasteiger partial charge is 0.444 e. The Balaban J connectivity index is 1.72. The lowest BCUT2D eigenvalue weighted by atomic mass is 10.1. The zero-order valence-corrected chi connectivity index (χ0v) is 15.0. The van der Waals surface area contributed by atoms with Crippen LogP contribution in [0.15, 0.2) is 70.4 Å². The van der Waals surface area contributed by atoms with Gasteiger partial charge in [0, 0.05) is 30.9 Å². The first-order valence-corrected chi connectivity index (χ1v) is 9.15. The van der Waals surface area contributed by atoms with Crippen LogP contribution in [0.2, 0.25) is 0 Å². The number of benzene rings is 2. The third-order valence-electron chi connectivity index (χ3n) is 3.75. The van der Waals surface area contributed by atoms with Gasteiger partial charge in [-0.1, -0.05) is 12.1 Å². The van der Waals surface area contributed by atoms with Crippen molar-refractivity contribution in [2.24, 2.45) is 0 Å². The van der Waals surface area contributed by atoms with Crippen molar-refractivity contribution in [3.63, 3.8) is 0 Å². The second kappa shape index (κ2) is 7.11. The molecule has 1 aromatic heterocycles. The van der Waals surface area contributed by atoms with E-state index in [0.29, 0.717) is 17.0 Å². The lowest BCUT2D eigenvalue weighted by Gasteiger charge is -2.12. The predicted molar refractivity (Wildman–Crippen MR) is 97.2 cm³/mol. The summed E-state index contributed by atoms with van der Waals surface area (Å²) in [5.74, 6) is 0.326. The summed E-state index contributed by atoms with van der Waals surface area (Å²) < 4.78 is 30.4. The van der Waals surface area contributed by atoms with Gasteiger partial charge in [0.25, 0.3) is 5.91 Å². The highest BCUT2D eigenvalue weighted by atomic mass is 32.2. The highest BCUT2D eigenvalue weighted by Crippen LogP contribution is 2.20. The highest BCUT2D eigenvalue weighted by Gasteiger charge is 2.17. The smallest absolute Gasteiger partial charge is 0.255 e. The minimum atomic E-state index is -3.49. The number of hydrogen-bond donors (Lipinski definition) is 1. The molecule has 7 nitrogen and oxygen atoms in total. The Morgan fingerprint density at radius 2 is 1.69 bits per heavy atom. The minimum absolute atomic E-state index is 0.164. The van der Waals surface area contributed by atoms with Gasteiger partial charge in [-0.25, -0.2) is 17.7 Å². The van der Waals surface area contributed by atoms with E-state index < -0.39 is 10.0 Å². The van der Waals surface area contributed by atoms with E-state index in [1.165, 1.54) is 32.6 Å². The molecule has 0 aliphatic heterocycles. The number of nitrogens with one attached hydrogen (secondary N) is 1. The Morgan fingerprint density at radius 3 is 2.23 bits per heavy atom. The van der Waals surface area contributed by atoms with Crippen LogP contribution in [0.4, 0.5) is 5.69 Å². The summed E-state index contributed by atoms with van der Waals surface area (Å²) in [7, 11) is -0.562. The van der Waals surface area contributed by atoms with Gasteiger partial charge < -0.3 is 9.73 Å². The maximum atomic E-state index is 12.3. The molecule has 0 atom stereocenters. The molecule has 0 saturated heterocycles. The SMILES string of the molecule is CN(C)S(=O)(=O)c1ccc(NC(=O)c2ccc(-c3cnco3)cc2)cc1. The van der Waals surface area contributed by atoms with Crippen molar-refractivity contribution in [3.05, 3.63) is 66.7 Å². The van der Waals surface area contributed by atoms with Crippen LogP contribution in [0.25, 0.3) is 11.3 Å². The first kappa shape index (κ1) is 17.8. The zero-order chi connectivity index (χ0) is 18.7. The van der Waals surface area contributed by atoms with Crippen LogP contribution in [0.1, 0.15) is 10.4 Å². The van der Waals surface area contributed by atoms with Gasteiger partial charge in [0.05, 0.1) is 11.1 Å². The molecule has 0 radical (unpaired) electrons. The van der Waals surface area contributed by atoms with Crippen molar-refractivity contribution in [3.8, 4) is 11.3 Å². The molecule has 26 heavy (non-hydrogen) atoms. The van der Waals surface area contributed by atoms with Crippen molar-refractivity contribution in [1.82, 2.24) is 9.29 Å². The van der Waals surface area contributed by atoms with Gasteiger partial charge in [-0.3, -0.25) is 4.79 Å². The Kier molecular flexibility index (Phi) is 4.88. The maximum absolute atomic E-state index is 12.3. The van der Waals surface area contributed by atoms with E-state index in [1.807, 2.05) is 0 Å². The molecule has 3 aromatic rings. The Morgan fingerprint density at radius 1 is 1.04 bits per heavy atom. The van der Waals surface area contributed by atoms with Crippen molar-refractivity contribution in [2.75, 3.05) is 19.4 Å². The fourth-order valence-electron chi connectivity index (χ4n) is 2.27. The zero-order valence-electron chi connectivity index (χ0n) is 14.2. The molecule has 1 amide bonds. The Labute approximate surface area is 151 Å². The molecule has 0 aliphatic rings. The van der Waals surface area contributed by atoms with E-state index in [4.69, 9.17) is 4.42 Å². The molecule has 0 bridgehead atoms. The number of hydrogen-bond acceptors (Lipinski definition) is 5. The lowest BCUT2D eigenvalue weighted by Crippen LogP contribution is -2.22. The normalized spacial score (nSPS) is 11.5. The average molecular weight is 371 g/mol. The number of amides is 1. The number of carbonyl (C=O) groups is 1. The van der Waals surface area contributed by atoms with Crippen LogP contribution in [-0.2, 0) is 10.0 Å². The minimum Gasteiger partial charge on any atom is -0.444 e. The average Bonchev–Trinajstić information content (AvgIpc) is 3.17. The summed E-state index contributed by atoms with van der Waals surface area (Å²) in [6, 6.07) is 12.9. The molecule has 0 spiro atoms. The lowest BCUT2D eigenvalue weighted by molar-refractivity contribution is 0.102. The van der Waals surface area contributed by atoms with Crippen LogP contribution >= 0.6 is 0 Å². The summed E-state index contributed by atoms with van der Waals surface area (Å²) in [4.78, 5) is 16.3. The summed E-state index contributed by atoms with van der Waals surface area (Å²) in [6.07, 6.45) is 2.94. The van der Waals surface area contributed by atoms with Crippen molar-refractivity contribution < 1.29 is 17.6 Å². The van der Waals surface area contributed by atoms with Gasteiger partial charge in [-0.15, -0.1) is 0 Å². The Hall–Kier alpha value is -2.97. The predicted octanol–water partition coefficient (Wildman–Crippen LogP) is 2.84. The van der Waals surface area contributed by atoms with E-state index >= 15 is 0 Å². The molecule has 3 rings (SSSR count). The van der Waals surface area contributed by atoms with Gasteiger partial charge in [0.1, 0.15) is 0 Å². The maximum Gasteiger partial charge on any atom is 0.255 e. The molecular weight excluding hydrogens is 354 g/mol. The number of nitrogens with zero attached hydrogens (tertiary/aromatic N) is 2. The number of sulfonamides is 1. The Bertz CT molecular complexity index is 994. The van der Waals surface area contributed by atoms with E-state index in [-0.39, 0.29) is 10.8 Å². The van der Waals surface area contributed by atoms with Crippen LogP contribution in [-0.4, -0.2) is 37.7 Å². The fourth-order valence-corrected chi connectivity index (χ4v) is 3.17. The standard InChI is InChI=1S/C18H17N3O4S/c1-21(2)26(23,24)16-9-7-15(8-10-16)20-18(22)14-5-3-13(4-6-14)17-11-19-12-25-17/h3-12H,1-2H3,(H,20,22). The monoisotopic (exact) mass is 371 g/mol. The van der Waals surface area contributed by atoms with Crippen molar-refractivity contribution in [2.45, 2.75) is 4.90 Å². The quantitative estimate of drug-likeness (QED) is 0.744. The number of aromatic nitrogens is 1. The molecule has 1 heterocycles. The molecule has 2 aromatic carbocycles. The van der Waals surface area contributed by atoms with Gasteiger partial charge in [0.2, 0.25) is 10.0 Å². The van der Waals surface area contributed by atoms with E-state index in [1.54, 1.807) is 42.6 Å². The number of anilines is 1. The molecule has 0 fully saturated rings. The fraction of sp³-hybridized carbons (Fsp3) is 0.111. The molecular formula is C18H17N3O4S. The number of rotatable bonds is 5. The second-order valence-corrected chi connectivity index (χ2v) is 7.86. The van der Waals surface area contributed by atoms with E-state index in [9.17, 15) is 13.2 Å². The van der Waals surface area contributed by atoms with Crippen LogP contribution in [0.3, 0.4) is 0 Å². The summed E-state index contributed by atoms with van der Waals surface area (Å²) >= 11 is 0. The summed E-state index contributed by atoms with van der Waals surface area (Å²) in [5.41, 5.74) is 1.79. The first-order chi connectivity index (χ1) is 12.4. The molecule has 1 N–H and O–H groups in total. The summed E-state index contributed by atoms with van der Waals surface area (Å²) in [6.45, 7) is 0. The van der Waals surface area contributed by atoms with Crippen LogP contribution in [0, 0.1) is 0 Å². The van der Waals surface area contributed by atoms with Crippen LogP contribution < -0.4 is 5.32 Å². The summed E-state index contributed by atoms with van der Waals surface area (Å²) in [5, 5.41) is 2.74. The number of carbonyl (C=O) groups excluding carboxylic acids is 1. The highest BCUT2D eigenvalue weighted by molar-refractivity contribution is 7.89. The molecule has 134 valence electrons. The van der Waals surface area contributed by atoms with Crippen molar-refractivity contribution in [1.29, 1.82) is 0 Å². The van der Waals surface area contributed by atoms with Gasteiger partial charge in [-0.05, 0) is 36.4 Å². The van der Waals surface area contributed by atoms with Gasteiger partial charge in [-0.2, -0.15) is 0 Å². The van der Waals surface area contributed by atoms with Gasteiger partial charge >= 0.3 is 0 Å². The third kappa shape index (κ3) is 3.66. The van der Waals surface area contributed by atoms with Crippen LogP contribution in [0.5, 0.6) is 0 Å². The van der Waals surface area contributed by atoms with E-state index in [2.05, 4.69) is 10.3 Å². The topological polar surface area (TPSA) is 92.5 Å². The first-order valence-electron chi connectivity index (χ1n) is 7.71. The second-order valence-electron chi connectivity index (χ2n) is 5.71. The number of oxazole rings is 1. The molecule has 0 unspecified atom stereocenters. The molecule has 0 saturated carbocycles. The third-order valence-corrected chi connectivity index (χ3v) is 5.58. The van der Waals surface area contributed by atoms with E-state index in [0.717, 1.165) is 9.87 Å². The molecule has 0 aliphatic carbocycles. The van der Waals surface area contributed by atoms with Crippen molar-refractivity contribution >= 4 is 21.6 Å². The molecule has 8 heteroatoms.